The van der Waals surface area contributed by atoms with Crippen LogP contribution in [0.4, 0.5) is 0 Å². The van der Waals surface area contributed by atoms with Gasteiger partial charge in [-0.15, -0.1) is 0 Å². The zero-order chi connectivity index (χ0) is 27.5. The second kappa shape index (κ2) is 11.7. The van der Waals surface area contributed by atoms with Gasteiger partial charge in [0.15, 0.2) is 11.5 Å². The summed E-state index contributed by atoms with van der Waals surface area (Å²) in [6.07, 6.45) is 4.35. The van der Waals surface area contributed by atoms with E-state index in [9.17, 15) is 14.7 Å². The fourth-order valence-corrected chi connectivity index (χ4v) is 5.94. The Bertz CT molecular complexity index is 1350. The summed E-state index contributed by atoms with van der Waals surface area (Å²) in [5.41, 5.74) is 3.57. The number of carboxylic acids is 1. The highest BCUT2D eigenvalue weighted by Gasteiger charge is 2.33. The van der Waals surface area contributed by atoms with E-state index >= 15 is 0 Å². The summed E-state index contributed by atoms with van der Waals surface area (Å²) >= 11 is 6.47. The highest BCUT2D eigenvalue weighted by Crippen LogP contribution is 2.46. The lowest BCUT2D eigenvalue weighted by Crippen LogP contribution is -2.38. The first kappa shape index (κ1) is 27.1. The minimum absolute atomic E-state index is 0.00667. The van der Waals surface area contributed by atoms with Crippen molar-refractivity contribution in [3.8, 4) is 17.2 Å². The van der Waals surface area contributed by atoms with Crippen molar-refractivity contribution >= 4 is 23.5 Å². The Labute approximate surface area is 232 Å². The van der Waals surface area contributed by atoms with Gasteiger partial charge in [-0.2, -0.15) is 0 Å². The van der Waals surface area contributed by atoms with E-state index in [1.807, 2.05) is 54.7 Å². The fraction of sp³-hybridized carbons (Fsp3) is 0.400. The topological polar surface area (TPSA) is 99.0 Å². The number of carbonyl (C=O) groups is 2. The summed E-state index contributed by atoms with van der Waals surface area (Å²) in [7, 11) is 3.20. The summed E-state index contributed by atoms with van der Waals surface area (Å²) in [5.74, 6) is 0.0511. The molecule has 0 spiro atoms. The summed E-state index contributed by atoms with van der Waals surface area (Å²) < 4.78 is 20.2. The van der Waals surface area contributed by atoms with Crippen molar-refractivity contribution in [1.29, 1.82) is 0 Å². The van der Waals surface area contributed by atoms with Crippen LogP contribution in [-0.4, -0.2) is 41.8 Å². The lowest BCUT2D eigenvalue weighted by molar-refractivity contribution is -0.142. The molecule has 9 heteroatoms. The molecule has 8 nitrogen and oxygen atoms in total. The van der Waals surface area contributed by atoms with Gasteiger partial charge in [-0.1, -0.05) is 23.7 Å². The first-order valence-corrected chi connectivity index (χ1v) is 13.6. The molecule has 1 aliphatic heterocycles. The van der Waals surface area contributed by atoms with Gasteiger partial charge in [-0.3, -0.25) is 9.59 Å². The van der Waals surface area contributed by atoms with Crippen molar-refractivity contribution in [2.45, 2.75) is 56.8 Å². The smallest absolute Gasteiger partial charge is 0.306 e. The summed E-state index contributed by atoms with van der Waals surface area (Å²) in [5, 5.41) is 12.9. The molecule has 1 fully saturated rings. The van der Waals surface area contributed by atoms with Crippen LogP contribution in [0.1, 0.15) is 67.6 Å². The van der Waals surface area contributed by atoms with E-state index in [0.29, 0.717) is 48.6 Å². The molecular weight excluding hydrogens is 520 g/mol. The number of fused-ring (bicyclic) bond motifs is 3. The van der Waals surface area contributed by atoms with Gasteiger partial charge in [0, 0.05) is 34.8 Å². The Morgan fingerprint density at radius 3 is 2.56 bits per heavy atom. The number of carbonyl (C=O) groups excluding carboxylic acids is 1. The molecule has 2 atom stereocenters. The molecule has 2 aliphatic rings. The SMILES string of the molecule is COc1cccc([C@H]2O[C@H](CCC(=O)N[C@H]3CC[C@@H](C(=O)O)CC3)c3cccn3-c3ccc(Cl)cc32)c1OC. The molecule has 1 aliphatic carbocycles. The number of rotatable bonds is 8. The number of halogens is 1. The molecule has 1 saturated carbocycles. The van der Waals surface area contributed by atoms with Crippen LogP contribution in [0, 0.1) is 5.92 Å². The molecule has 0 bridgehead atoms. The number of hydrogen-bond acceptors (Lipinski definition) is 5. The number of aliphatic carboxylic acids is 1. The Morgan fingerprint density at radius 1 is 1.05 bits per heavy atom. The van der Waals surface area contributed by atoms with Crippen molar-refractivity contribution in [1.82, 2.24) is 9.88 Å². The van der Waals surface area contributed by atoms with Crippen LogP contribution >= 0.6 is 11.6 Å². The van der Waals surface area contributed by atoms with Crippen LogP contribution in [-0.2, 0) is 14.3 Å². The Hall–Kier alpha value is -3.49. The summed E-state index contributed by atoms with van der Waals surface area (Å²) in [6, 6.07) is 15.4. The maximum absolute atomic E-state index is 13.0. The van der Waals surface area contributed by atoms with E-state index in [1.54, 1.807) is 14.2 Å². The number of carboxylic acid groups (broad SMARTS) is 1. The second-order valence-electron chi connectivity index (χ2n) is 10.1. The highest BCUT2D eigenvalue weighted by molar-refractivity contribution is 6.30. The molecular formula is C30H33ClN2O6. The highest BCUT2D eigenvalue weighted by atomic mass is 35.5. The average Bonchev–Trinajstić information content (AvgIpc) is 3.38. The quantitative estimate of drug-likeness (QED) is 0.364. The van der Waals surface area contributed by atoms with Gasteiger partial charge in [-0.25, -0.2) is 0 Å². The van der Waals surface area contributed by atoms with Gasteiger partial charge in [0.2, 0.25) is 5.91 Å². The van der Waals surface area contributed by atoms with Crippen LogP contribution in [0.15, 0.2) is 54.7 Å². The number of ether oxygens (including phenoxy) is 3. The van der Waals surface area contributed by atoms with E-state index < -0.39 is 12.1 Å². The van der Waals surface area contributed by atoms with Gasteiger partial charge >= 0.3 is 5.97 Å². The Kier molecular flexibility index (Phi) is 8.14. The van der Waals surface area contributed by atoms with E-state index in [0.717, 1.165) is 22.5 Å². The number of nitrogens with one attached hydrogen (secondary N) is 1. The molecule has 0 saturated heterocycles. The Balaban J connectivity index is 1.41. The lowest BCUT2D eigenvalue weighted by Gasteiger charge is -2.27. The van der Waals surface area contributed by atoms with Crippen molar-refractivity contribution < 1.29 is 28.9 Å². The number of benzene rings is 2. The molecule has 206 valence electrons. The van der Waals surface area contributed by atoms with E-state index in [4.69, 9.17) is 25.8 Å². The third-order valence-corrected chi connectivity index (χ3v) is 7.97. The first-order chi connectivity index (χ1) is 18.9. The maximum Gasteiger partial charge on any atom is 0.306 e. The third-order valence-electron chi connectivity index (χ3n) is 7.73. The molecule has 2 aromatic carbocycles. The monoisotopic (exact) mass is 552 g/mol. The molecule has 5 rings (SSSR count). The standard InChI is InChI=1S/C30H33ClN2O6/c1-37-26-7-3-5-21(29(26)38-2)28-22-17-19(31)10-13-23(22)33-16-4-6-24(33)25(39-28)14-15-27(34)32-20-11-8-18(9-12-20)30(35)36/h3-7,10,13,16-18,20,25,28H,8-9,11-12,14-15H2,1-2H3,(H,32,34)(H,35,36)/t18-,20+,25-,28-/m1/s1. The molecule has 0 unspecified atom stereocenters. The summed E-state index contributed by atoms with van der Waals surface area (Å²) in [4.78, 5) is 24.2. The molecule has 2 N–H and O–H groups in total. The molecule has 1 amide bonds. The maximum atomic E-state index is 13.0. The summed E-state index contributed by atoms with van der Waals surface area (Å²) in [6.45, 7) is 0. The molecule has 39 heavy (non-hydrogen) atoms. The normalized spacial score (nSPS) is 22.2. The van der Waals surface area contributed by atoms with Crippen LogP contribution in [0.2, 0.25) is 5.02 Å². The van der Waals surface area contributed by atoms with Crippen LogP contribution in [0.3, 0.4) is 0 Å². The van der Waals surface area contributed by atoms with Crippen molar-refractivity contribution in [2.75, 3.05) is 14.2 Å². The zero-order valence-electron chi connectivity index (χ0n) is 22.1. The van der Waals surface area contributed by atoms with Crippen LogP contribution in [0.25, 0.3) is 5.69 Å². The fourth-order valence-electron chi connectivity index (χ4n) is 5.76. The lowest BCUT2D eigenvalue weighted by atomic mass is 9.86. The van der Waals surface area contributed by atoms with Gasteiger partial charge < -0.3 is 29.2 Å². The van der Waals surface area contributed by atoms with Crippen LogP contribution in [0.5, 0.6) is 11.5 Å². The van der Waals surface area contributed by atoms with E-state index in [1.165, 1.54) is 0 Å². The van der Waals surface area contributed by atoms with Gasteiger partial charge in [-0.05, 0) is 68.5 Å². The first-order valence-electron chi connectivity index (χ1n) is 13.2. The number of amides is 1. The number of para-hydroxylation sites is 1. The van der Waals surface area contributed by atoms with Crippen LogP contribution < -0.4 is 14.8 Å². The number of nitrogens with zero attached hydrogens (tertiary/aromatic N) is 1. The van der Waals surface area contributed by atoms with Gasteiger partial charge in [0.05, 0.1) is 37.6 Å². The van der Waals surface area contributed by atoms with Crippen molar-refractivity contribution in [3.63, 3.8) is 0 Å². The molecule has 3 aromatic rings. The molecule has 1 aromatic heterocycles. The molecule has 2 heterocycles. The second-order valence-corrected chi connectivity index (χ2v) is 10.5. The van der Waals surface area contributed by atoms with E-state index in [2.05, 4.69) is 9.88 Å². The van der Waals surface area contributed by atoms with Gasteiger partial charge in [0.25, 0.3) is 0 Å². The third kappa shape index (κ3) is 5.63. The van der Waals surface area contributed by atoms with Crippen molar-refractivity contribution in [3.05, 3.63) is 76.6 Å². The predicted molar refractivity (Wildman–Crippen MR) is 147 cm³/mol. The predicted octanol–water partition coefficient (Wildman–Crippen LogP) is 5.85. The number of hydrogen-bond donors (Lipinski definition) is 2. The minimum Gasteiger partial charge on any atom is -0.493 e. The van der Waals surface area contributed by atoms with Crippen molar-refractivity contribution in [2.24, 2.45) is 5.92 Å². The molecule has 0 radical (unpaired) electrons. The largest absolute Gasteiger partial charge is 0.493 e. The van der Waals surface area contributed by atoms with E-state index in [-0.39, 0.29) is 30.4 Å². The zero-order valence-corrected chi connectivity index (χ0v) is 22.8. The number of aromatic nitrogens is 1. The minimum atomic E-state index is -0.752. The van der Waals surface area contributed by atoms with Gasteiger partial charge in [0.1, 0.15) is 6.10 Å². The average molecular weight is 553 g/mol. The number of methoxy groups -OCH3 is 2. The Morgan fingerprint density at radius 2 is 1.85 bits per heavy atom.